The molecule has 0 spiro atoms. The number of hydrogen-bond donors (Lipinski definition) is 0. The number of hydrogen-bond acceptors (Lipinski definition) is 3. The number of benzene rings is 1. The summed E-state index contributed by atoms with van der Waals surface area (Å²) in [7, 11) is 1.39. The molecule has 0 aromatic heterocycles. The van der Waals surface area contributed by atoms with E-state index in [0.717, 1.165) is 10.5 Å². The summed E-state index contributed by atoms with van der Waals surface area (Å²) in [4.78, 5) is 25.0. The molecular formula is C14H16ClNO3. The maximum Gasteiger partial charge on any atom is 0.262 e. The third kappa shape index (κ3) is 4.19. The second-order valence-corrected chi connectivity index (χ2v) is 4.10. The number of amides is 2. The second kappa shape index (κ2) is 7.71. The Hall–Kier alpha value is -1.65. The number of halogens is 1. The van der Waals surface area contributed by atoms with Crippen LogP contribution in [0, 0.1) is 0 Å². The van der Waals surface area contributed by atoms with Crippen LogP contribution in [-0.2, 0) is 20.9 Å². The van der Waals surface area contributed by atoms with Crippen LogP contribution in [0.15, 0.2) is 43.0 Å². The second-order valence-electron chi connectivity index (χ2n) is 3.83. The molecule has 0 bridgehead atoms. The number of carbonyl (C=O) groups is 2. The van der Waals surface area contributed by atoms with Crippen molar-refractivity contribution in [3.63, 3.8) is 0 Å². The smallest absolute Gasteiger partial charge is 0.262 e. The molecule has 1 atom stereocenters. The molecule has 0 radical (unpaired) electrons. The zero-order valence-corrected chi connectivity index (χ0v) is 11.5. The van der Waals surface area contributed by atoms with Gasteiger partial charge in [0.15, 0.2) is 6.10 Å². The number of methoxy groups -OCH3 is 1. The van der Waals surface area contributed by atoms with Gasteiger partial charge in [-0.25, -0.2) is 0 Å². The van der Waals surface area contributed by atoms with Gasteiger partial charge in [0.25, 0.3) is 5.91 Å². The maximum atomic E-state index is 12.2. The van der Waals surface area contributed by atoms with Crippen LogP contribution in [0.25, 0.3) is 0 Å². The number of rotatable bonds is 6. The molecule has 0 N–H and O–H groups in total. The van der Waals surface area contributed by atoms with Crippen LogP contribution in [0.1, 0.15) is 5.56 Å². The van der Waals surface area contributed by atoms with E-state index in [2.05, 4.69) is 6.58 Å². The highest BCUT2D eigenvalue weighted by molar-refractivity contribution is 6.28. The summed E-state index contributed by atoms with van der Waals surface area (Å²) in [6.45, 7) is 3.68. The number of imide groups is 1. The van der Waals surface area contributed by atoms with Crippen molar-refractivity contribution in [1.82, 2.24) is 4.90 Å². The predicted octanol–water partition coefficient (Wildman–Crippen LogP) is 1.98. The lowest BCUT2D eigenvalue weighted by atomic mass is 10.2. The molecule has 102 valence electrons. The van der Waals surface area contributed by atoms with Crippen LogP contribution in [0.5, 0.6) is 0 Å². The summed E-state index contributed by atoms with van der Waals surface area (Å²) >= 11 is 5.54. The molecule has 0 aliphatic rings. The minimum absolute atomic E-state index is 0.166. The van der Waals surface area contributed by atoms with Crippen molar-refractivity contribution >= 4 is 23.4 Å². The van der Waals surface area contributed by atoms with E-state index in [1.807, 2.05) is 30.3 Å². The Morgan fingerprint density at radius 1 is 1.42 bits per heavy atom. The quantitative estimate of drug-likeness (QED) is 0.592. The van der Waals surface area contributed by atoms with Crippen LogP contribution in [0.3, 0.4) is 0 Å². The first kappa shape index (κ1) is 15.4. The average molecular weight is 282 g/mol. The SMILES string of the molecule is C=CC(OC)C(=O)N(Cc1ccccc1)C(=O)CCl. The van der Waals surface area contributed by atoms with Gasteiger partial charge in [0, 0.05) is 7.11 Å². The predicted molar refractivity (Wildman–Crippen MR) is 73.7 cm³/mol. The monoisotopic (exact) mass is 281 g/mol. The third-order valence-corrected chi connectivity index (χ3v) is 2.80. The molecule has 0 heterocycles. The van der Waals surface area contributed by atoms with E-state index in [4.69, 9.17) is 16.3 Å². The van der Waals surface area contributed by atoms with Gasteiger partial charge in [-0.05, 0) is 5.56 Å². The van der Waals surface area contributed by atoms with Gasteiger partial charge in [-0.2, -0.15) is 0 Å². The molecule has 1 rings (SSSR count). The lowest BCUT2D eigenvalue weighted by molar-refractivity contribution is -0.149. The summed E-state index contributed by atoms with van der Waals surface area (Å²) in [5, 5.41) is 0. The van der Waals surface area contributed by atoms with Gasteiger partial charge in [-0.1, -0.05) is 43.0 Å². The zero-order chi connectivity index (χ0) is 14.3. The highest BCUT2D eigenvalue weighted by atomic mass is 35.5. The molecule has 2 amide bonds. The Balaban J connectivity index is 2.92. The standard InChI is InChI=1S/C14H16ClNO3/c1-3-12(19-2)14(18)16(13(17)9-15)10-11-7-5-4-6-8-11/h3-8,12H,1,9-10H2,2H3. The molecule has 0 fully saturated rings. The van der Waals surface area contributed by atoms with Crippen molar-refractivity contribution in [3.8, 4) is 0 Å². The summed E-state index contributed by atoms with van der Waals surface area (Å²) in [5.74, 6) is -1.18. The lowest BCUT2D eigenvalue weighted by Gasteiger charge is -2.23. The molecule has 19 heavy (non-hydrogen) atoms. The fraction of sp³-hybridized carbons (Fsp3) is 0.286. The minimum Gasteiger partial charge on any atom is -0.367 e. The van der Waals surface area contributed by atoms with E-state index < -0.39 is 17.9 Å². The maximum absolute atomic E-state index is 12.2. The lowest BCUT2D eigenvalue weighted by Crippen LogP contribution is -2.43. The molecule has 0 saturated carbocycles. The van der Waals surface area contributed by atoms with Gasteiger partial charge in [0.05, 0.1) is 6.54 Å². The van der Waals surface area contributed by atoms with Crippen molar-refractivity contribution < 1.29 is 14.3 Å². The largest absolute Gasteiger partial charge is 0.367 e. The van der Waals surface area contributed by atoms with Crippen LogP contribution in [-0.4, -0.2) is 35.8 Å². The van der Waals surface area contributed by atoms with Crippen molar-refractivity contribution in [2.24, 2.45) is 0 Å². The van der Waals surface area contributed by atoms with E-state index in [1.54, 1.807) is 0 Å². The highest BCUT2D eigenvalue weighted by Gasteiger charge is 2.26. The Bertz CT molecular complexity index is 447. The van der Waals surface area contributed by atoms with Crippen molar-refractivity contribution in [1.29, 1.82) is 0 Å². The Morgan fingerprint density at radius 2 is 2.05 bits per heavy atom. The molecule has 0 aliphatic carbocycles. The molecule has 1 aromatic carbocycles. The van der Waals surface area contributed by atoms with Gasteiger partial charge in [-0.15, -0.1) is 11.6 Å². The van der Waals surface area contributed by atoms with E-state index >= 15 is 0 Å². The van der Waals surface area contributed by atoms with Crippen LogP contribution in [0.2, 0.25) is 0 Å². The Kier molecular flexibility index (Phi) is 6.25. The van der Waals surface area contributed by atoms with E-state index in [9.17, 15) is 9.59 Å². The molecule has 4 nitrogen and oxygen atoms in total. The van der Waals surface area contributed by atoms with Gasteiger partial charge < -0.3 is 4.74 Å². The normalized spacial score (nSPS) is 11.7. The van der Waals surface area contributed by atoms with Gasteiger partial charge in [0.1, 0.15) is 5.88 Å². The Morgan fingerprint density at radius 3 is 2.53 bits per heavy atom. The first-order valence-electron chi connectivity index (χ1n) is 5.73. The topological polar surface area (TPSA) is 46.6 Å². The van der Waals surface area contributed by atoms with Gasteiger partial charge >= 0.3 is 0 Å². The average Bonchev–Trinajstić information content (AvgIpc) is 2.46. The number of carbonyl (C=O) groups excluding carboxylic acids is 2. The van der Waals surface area contributed by atoms with Crippen LogP contribution < -0.4 is 0 Å². The van der Waals surface area contributed by atoms with Crippen LogP contribution >= 0.6 is 11.6 Å². The fourth-order valence-corrected chi connectivity index (χ4v) is 1.72. The number of ether oxygens (including phenoxy) is 1. The molecule has 1 aromatic rings. The fourth-order valence-electron chi connectivity index (χ4n) is 1.58. The first-order chi connectivity index (χ1) is 9.13. The third-order valence-electron chi connectivity index (χ3n) is 2.58. The van der Waals surface area contributed by atoms with Crippen LogP contribution in [0.4, 0.5) is 0 Å². The van der Waals surface area contributed by atoms with Crippen molar-refractivity contribution in [2.75, 3.05) is 13.0 Å². The summed E-state index contributed by atoms with van der Waals surface area (Å²) in [5.41, 5.74) is 0.841. The van der Waals surface area contributed by atoms with Crippen molar-refractivity contribution in [2.45, 2.75) is 12.6 Å². The van der Waals surface area contributed by atoms with E-state index in [-0.39, 0.29) is 12.4 Å². The Labute approximate surface area is 117 Å². The minimum atomic E-state index is -0.851. The van der Waals surface area contributed by atoms with Gasteiger partial charge in [-0.3, -0.25) is 14.5 Å². The molecular weight excluding hydrogens is 266 g/mol. The summed E-state index contributed by atoms with van der Waals surface area (Å²) < 4.78 is 4.97. The number of alkyl halides is 1. The first-order valence-corrected chi connectivity index (χ1v) is 6.27. The van der Waals surface area contributed by atoms with E-state index in [0.29, 0.717) is 0 Å². The molecule has 1 unspecified atom stereocenters. The van der Waals surface area contributed by atoms with E-state index in [1.165, 1.54) is 13.2 Å². The van der Waals surface area contributed by atoms with Gasteiger partial charge in [0.2, 0.25) is 5.91 Å². The molecule has 0 aliphatic heterocycles. The summed E-state index contributed by atoms with van der Waals surface area (Å²) in [6.07, 6.45) is 0.498. The number of nitrogens with zero attached hydrogens (tertiary/aromatic N) is 1. The molecule has 0 saturated heterocycles. The van der Waals surface area contributed by atoms with Crippen molar-refractivity contribution in [3.05, 3.63) is 48.6 Å². The highest BCUT2D eigenvalue weighted by Crippen LogP contribution is 2.09. The zero-order valence-electron chi connectivity index (χ0n) is 10.7. The molecule has 5 heteroatoms. The summed E-state index contributed by atoms with van der Waals surface area (Å²) in [6, 6.07) is 9.20.